The maximum atomic E-state index is 14.4. The molecule has 5 rings (SSSR count). The molecule has 1 saturated heterocycles. The molecule has 4 unspecified atom stereocenters. The third-order valence-corrected chi connectivity index (χ3v) is 8.60. The molecule has 3 fully saturated rings. The average Bonchev–Trinajstić information content (AvgIpc) is 3.32. The minimum absolute atomic E-state index is 0.0779. The van der Waals surface area contributed by atoms with Crippen LogP contribution in [0.25, 0.3) is 0 Å². The zero-order valence-electron chi connectivity index (χ0n) is 17.8. The highest BCUT2D eigenvalue weighted by Gasteiger charge is 2.58. The van der Waals surface area contributed by atoms with Crippen molar-refractivity contribution in [2.24, 2.45) is 23.2 Å². The van der Waals surface area contributed by atoms with Crippen molar-refractivity contribution in [1.82, 2.24) is 5.32 Å². The highest BCUT2D eigenvalue weighted by molar-refractivity contribution is 5.88. The van der Waals surface area contributed by atoms with Crippen molar-refractivity contribution in [3.63, 3.8) is 0 Å². The number of fused-ring (bicyclic) bond motifs is 5. The summed E-state index contributed by atoms with van der Waals surface area (Å²) in [6.07, 6.45) is 6.29. The number of ether oxygens (including phenoxy) is 1. The van der Waals surface area contributed by atoms with E-state index in [4.69, 9.17) is 4.74 Å². The van der Waals surface area contributed by atoms with Crippen LogP contribution in [0, 0.1) is 29.0 Å². The summed E-state index contributed by atoms with van der Waals surface area (Å²) < 4.78 is 19.7. The second kappa shape index (κ2) is 7.74. The van der Waals surface area contributed by atoms with Gasteiger partial charge in [-0.25, -0.2) is 4.39 Å². The maximum absolute atomic E-state index is 14.4. The van der Waals surface area contributed by atoms with Gasteiger partial charge in [0.25, 0.3) is 0 Å². The number of rotatable bonds is 4. The average molecular weight is 414 g/mol. The van der Waals surface area contributed by atoms with E-state index >= 15 is 0 Å². The molecule has 1 amide bonds. The van der Waals surface area contributed by atoms with Crippen LogP contribution in [0.2, 0.25) is 0 Å². The van der Waals surface area contributed by atoms with Crippen molar-refractivity contribution < 1.29 is 18.7 Å². The highest BCUT2D eigenvalue weighted by Crippen LogP contribution is 2.62. The lowest BCUT2D eigenvalue weighted by Gasteiger charge is -2.50. The Kier molecular flexibility index (Phi) is 5.20. The van der Waals surface area contributed by atoms with Gasteiger partial charge in [0.15, 0.2) is 0 Å². The molecule has 1 N–H and O–H groups in total. The van der Waals surface area contributed by atoms with E-state index in [1.54, 1.807) is 6.07 Å². The summed E-state index contributed by atoms with van der Waals surface area (Å²) in [4.78, 5) is 25.5. The van der Waals surface area contributed by atoms with Gasteiger partial charge in [0.1, 0.15) is 11.6 Å². The number of ketones is 1. The largest absolute Gasteiger partial charge is 0.379 e. The summed E-state index contributed by atoms with van der Waals surface area (Å²) in [5.41, 5.74) is 1.79. The van der Waals surface area contributed by atoms with Crippen LogP contribution in [0.4, 0.5) is 4.39 Å². The van der Waals surface area contributed by atoms with Gasteiger partial charge >= 0.3 is 0 Å². The first-order chi connectivity index (χ1) is 14.5. The quantitative estimate of drug-likeness (QED) is 0.806. The van der Waals surface area contributed by atoms with Crippen molar-refractivity contribution in [2.75, 3.05) is 13.2 Å². The van der Waals surface area contributed by atoms with Crippen LogP contribution >= 0.6 is 0 Å². The first-order valence-corrected chi connectivity index (χ1v) is 11.6. The lowest BCUT2D eigenvalue weighted by Crippen LogP contribution is -2.44. The molecule has 2 saturated carbocycles. The summed E-state index contributed by atoms with van der Waals surface area (Å²) in [6.45, 7) is 3.48. The van der Waals surface area contributed by atoms with E-state index in [-0.39, 0.29) is 29.1 Å². The van der Waals surface area contributed by atoms with E-state index in [0.29, 0.717) is 49.6 Å². The molecular weight excluding hydrogens is 381 g/mol. The fourth-order valence-corrected chi connectivity index (χ4v) is 7.16. The Morgan fingerprint density at radius 1 is 1.30 bits per heavy atom. The molecule has 1 aromatic rings. The van der Waals surface area contributed by atoms with Crippen molar-refractivity contribution in [3.05, 3.63) is 35.1 Å². The minimum Gasteiger partial charge on any atom is -0.379 e. The Balaban J connectivity index is 1.33. The van der Waals surface area contributed by atoms with Gasteiger partial charge in [0, 0.05) is 24.9 Å². The van der Waals surface area contributed by atoms with Crippen LogP contribution in [0.1, 0.15) is 68.9 Å². The van der Waals surface area contributed by atoms with Crippen LogP contribution in [0.3, 0.4) is 0 Å². The zero-order valence-corrected chi connectivity index (χ0v) is 17.8. The molecule has 4 aliphatic rings. The normalized spacial score (nSPS) is 37.4. The second-order valence-corrected chi connectivity index (χ2v) is 10.2. The molecule has 1 aromatic carbocycles. The Labute approximate surface area is 177 Å². The SMILES string of the molecule is C[C@]12CCC3c4cccc(F)c4CCC3C1[C@H](CCC(=O)NC1CCOC1)CC2=O. The molecule has 0 aromatic heterocycles. The number of Topliss-reactive ketones (excluding diaryl/α,β-unsaturated/α-hetero) is 1. The number of benzene rings is 1. The Morgan fingerprint density at radius 2 is 2.17 bits per heavy atom. The van der Waals surface area contributed by atoms with Gasteiger partial charge in [-0.3, -0.25) is 9.59 Å². The Bertz CT molecular complexity index is 849. The molecule has 3 aliphatic carbocycles. The molecule has 0 bridgehead atoms. The van der Waals surface area contributed by atoms with Crippen LogP contribution in [-0.2, 0) is 20.7 Å². The van der Waals surface area contributed by atoms with Gasteiger partial charge in [0.05, 0.1) is 12.6 Å². The molecule has 0 spiro atoms. The minimum atomic E-state index is -0.271. The summed E-state index contributed by atoms with van der Waals surface area (Å²) in [6, 6.07) is 5.64. The first kappa shape index (κ1) is 20.2. The number of carbonyl (C=O) groups is 2. The standard InChI is InChI=1S/C25H32FNO3/c1-25-11-9-18-17-3-2-4-21(26)19(17)6-7-20(18)24(25)15(13-22(25)28)5-8-23(29)27-16-10-12-30-14-16/h2-4,15-16,18,20,24H,5-14H2,1H3,(H,27,29)/t15-,16?,18?,20?,24?,25-/m1/s1. The van der Waals surface area contributed by atoms with Crippen molar-refractivity contribution in [1.29, 1.82) is 0 Å². The van der Waals surface area contributed by atoms with E-state index in [1.807, 2.05) is 6.07 Å². The topological polar surface area (TPSA) is 55.4 Å². The Hall–Kier alpha value is -1.75. The number of hydrogen-bond donors (Lipinski definition) is 1. The second-order valence-electron chi connectivity index (χ2n) is 10.2. The van der Waals surface area contributed by atoms with E-state index < -0.39 is 0 Å². The van der Waals surface area contributed by atoms with Gasteiger partial charge in [-0.2, -0.15) is 0 Å². The lowest BCUT2D eigenvalue weighted by molar-refractivity contribution is -0.129. The van der Waals surface area contributed by atoms with Gasteiger partial charge in [-0.05, 0) is 79.4 Å². The third kappa shape index (κ3) is 3.30. The molecule has 0 radical (unpaired) electrons. The summed E-state index contributed by atoms with van der Waals surface area (Å²) in [5.74, 6) is 1.71. The number of amides is 1. The molecule has 6 atom stereocenters. The van der Waals surface area contributed by atoms with Gasteiger partial charge in [-0.15, -0.1) is 0 Å². The van der Waals surface area contributed by atoms with Crippen molar-refractivity contribution in [3.8, 4) is 0 Å². The number of halogens is 1. The van der Waals surface area contributed by atoms with Gasteiger partial charge < -0.3 is 10.1 Å². The molecule has 162 valence electrons. The molecular formula is C25H32FNO3. The third-order valence-electron chi connectivity index (χ3n) is 8.60. The van der Waals surface area contributed by atoms with Crippen molar-refractivity contribution in [2.45, 2.75) is 70.3 Å². The van der Waals surface area contributed by atoms with Crippen LogP contribution in [-0.4, -0.2) is 30.9 Å². The summed E-state index contributed by atoms with van der Waals surface area (Å²) in [5, 5.41) is 3.08. The summed E-state index contributed by atoms with van der Waals surface area (Å²) >= 11 is 0. The number of hydrogen-bond acceptors (Lipinski definition) is 3. The summed E-state index contributed by atoms with van der Waals surface area (Å²) in [7, 11) is 0. The zero-order chi connectivity index (χ0) is 20.9. The van der Waals surface area contributed by atoms with E-state index in [9.17, 15) is 14.0 Å². The van der Waals surface area contributed by atoms with E-state index in [1.165, 1.54) is 5.56 Å². The maximum Gasteiger partial charge on any atom is 0.220 e. The van der Waals surface area contributed by atoms with Crippen LogP contribution in [0.15, 0.2) is 18.2 Å². The van der Waals surface area contributed by atoms with E-state index in [2.05, 4.69) is 18.3 Å². The lowest BCUT2D eigenvalue weighted by atomic mass is 9.54. The number of nitrogens with one attached hydrogen (secondary N) is 1. The van der Waals surface area contributed by atoms with Gasteiger partial charge in [0.2, 0.25) is 5.91 Å². The predicted molar refractivity (Wildman–Crippen MR) is 111 cm³/mol. The monoisotopic (exact) mass is 413 g/mol. The van der Waals surface area contributed by atoms with E-state index in [0.717, 1.165) is 44.1 Å². The van der Waals surface area contributed by atoms with Crippen LogP contribution in [0.5, 0.6) is 0 Å². The molecule has 30 heavy (non-hydrogen) atoms. The molecule has 4 nitrogen and oxygen atoms in total. The van der Waals surface area contributed by atoms with Gasteiger partial charge in [-0.1, -0.05) is 19.1 Å². The first-order valence-electron chi connectivity index (χ1n) is 11.6. The molecule has 1 aliphatic heterocycles. The molecule has 5 heteroatoms. The highest BCUT2D eigenvalue weighted by atomic mass is 19.1. The fourth-order valence-electron chi connectivity index (χ4n) is 7.16. The van der Waals surface area contributed by atoms with Crippen LogP contribution < -0.4 is 5.32 Å². The Morgan fingerprint density at radius 3 is 2.97 bits per heavy atom. The smallest absolute Gasteiger partial charge is 0.220 e. The molecule has 1 heterocycles. The fraction of sp³-hybridized carbons (Fsp3) is 0.680. The number of carbonyl (C=O) groups excluding carboxylic acids is 2. The van der Waals surface area contributed by atoms with Crippen molar-refractivity contribution >= 4 is 11.7 Å². The predicted octanol–water partition coefficient (Wildman–Crippen LogP) is 4.16.